The fourth-order valence-electron chi connectivity index (χ4n) is 7.18. The van der Waals surface area contributed by atoms with Crippen LogP contribution in [-0.2, 0) is 0 Å². The summed E-state index contributed by atoms with van der Waals surface area (Å²) >= 11 is 0. The summed E-state index contributed by atoms with van der Waals surface area (Å²) in [6.45, 7) is 0. The van der Waals surface area contributed by atoms with Crippen molar-refractivity contribution in [3.8, 4) is 33.4 Å². The van der Waals surface area contributed by atoms with E-state index in [-0.39, 0.29) is 56.4 Å². The van der Waals surface area contributed by atoms with E-state index >= 15 is 0 Å². The van der Waals surface area contributed by atoms with E-state index in [2.05, 4.69) is 54.6 Å². The molecular weight excluding hydrogens is 569 g/mol. The molecule has 0 amide bonds. The van der Waals surface area contributed by atoms with Crippen LogP contribution >= 0.6 is 0 Å². The predicted octanol–water partition coefficient (Wildman–Crippen LogP) is 13.2. The summed E-state index contributed by atoms with van der Waals surface area (Å²) in [5.41, 5.74) is 4.78. The summed E-state index contributed by atoms with van der Waals surface area (Å²) in [5.74, 6) is 0. The topological polar surface area (TPSA) is 13.1 Å². The molecule has 1 heteroatoms. The van der Waals surface area contributed by atoms with E-state index in [1.165, 1.54) is 0 Å². The highest BCUT2D eigenvalue weighted by Crippen LogP contribution is 2.48. The summed E-state index contributed by atoms with van der Waals surface area (Å²) < 4.78 is 86.1. The molecule has 10 aromatic rings. The molecule has 9 aromatic carbocycles. The molecular formula is C46H28O. The van der Waals surface area contributed by atoms with Crippen molar-refractivity contribution in [2.45, 2.75) is 0 Å². The SMILES string of the molecule is [2H]c1c([2H])c(-c2c3ccccc3c(-c3cccc(-c4cccc5ccccc45)c3)c3ccccc23)c2c(oc3c4c([2H])c([2H])c([2H])c([2H])c4c([2H])c([2H])c32)c1[2H]. The van der Waals surface area contributed by atoms with Crippen LogP contribution in [0, 0.1) is 0 Å². The average molecular weight is 606 g/mol. The Morgan fingerprint density at radius 2 is 1.06 bits per heavy atom. The monoisotopic (exact) mass is 605 g/mol. The molecule has 0 aliphatic heterocycles. The average Bonchev–Trinajstić information content (AvgIpc) is 3.62. The zero-order chi connectivity index (χ0) is 38.7. The Kier molecular flexibility index (Phi) is 4.05. The van der Waals surface area contributed by atoms with Gasteiger partial charge in [-0.3, -0.25) is 0 Å². The van der Waals surface area contributed by atoms with E-state index in [1.54, 1.807) is 0 Å². The third-order valence-corrected chi connectivity index (χ3v) is 9.18. The lowest BCUT2D eigenvalue weighted by atomic mass is 9.84. The molecule has 218 valence electrons. The highest BCUT2D eigenvalue weighted by atomic mass is 16.3. The van der Waals surface area contributed by atoms with Crippen LogP contribution in [0.2, 0.25) is 0 Å². The zero-order valence-electron chi connectivity index (χ0n) is 33.9. The molecule has 0 fully saturated rings. The minimum absolute atomic E-state index is 0.0551. The number of benzene rings is 9. The maximum atomic E-state index is 9.47. The van der Waals surface area contributed by atoms with Gasteiger partial charge in [0.1, 0.15) is 11.2 Å². The smallest absolute Gasteiger partial charge is 0.143 e. The first-order valence-corrected chi connectivity index (χ1v) is 15.5. The van der Waals surface area contributed by atoms with Crippen molar-refractivity contribution in [1.82, 2.24) is 0 Å². The number of fused-ring (bicyclic) bond motifs is 8. The minimum Gasteiger partial charge on any atom is -0.455 e. The fraction of sp³-hybridized carbons (Fsp3) is 0. The second kappa shape index (κ2) is 10.2. The van der Waals surface area contributed by atoms with Crippen molar-refractivity contribution >= 4 is 65.0 Å². The maximum Gasteiger partial charge on any atom is 0.143 e. The quantitative estimate of drug-likeness (QED) is 0.183. The van der Waals surface area contributed by atoms with Crippen LogP contribution in [0.15, 0.2) is 174 Å². The lowest BCUT2D eigenvalue weighted by molar-refractivity contribution is 0.673. The van der Waals surface area contributed by atoms with E-state index in [1.807, 2.05) is 60.7 Å². The molecule has 0 atom stereocenters. The van der Waals surface area contributed by atoms with Crippen LogP contribution in [0.1, 0.15) is 12.3 Å². The second-order valence-corrected chi connectivity index (χ2v) is 11.7. The van der Waals surface area contributed by atoms with Gasteiger partial charge in [-0.2, -0.15) is 0 Å². The molecule has 0 aliphatic carbocycles. The number of rotatable bonds is 3. The van der Waals surface area contributed by atoms with Crippen molar-refractivity contribution in [3.05, 3.63) is 170 Å². The molecule has 0 unspecified atom stereocenters. The Labute approximate surface area is 284 Å². The molecule has 0 radical (unpaired) electrons. The minimum atomic E-state index is -0.532. The number of hydrogen-bond donors (Lipinski definition) is 0. The predicted molar refractivity (Wildman–Crippen MR) is 200 cm³/mol. The van der Waals surface area contributed by atoms with Crippen molar-refractivity contribution in [2.24, 2.45) is 0 Å². The second-order valence-electron chi connectivity index (χ2n) is 11.7. The van der Waals surface area contributed by atoms with E-state index in [4.69, 9.17) is 14.0 Å². The van der Waals surface area contributed by atoms with Crippen LogP contribution in [0.5, 0.6) is 0 Å². The van der Waals surface area contributed by atoms with Gasteiger partial charge >= 0.3 is 0 Å². The van der Waals surface area contributed by atoms with Crippen LogP contribution in [0.3, 0.4) is 0 Å². The molecule has 0 saturated heterocycles. The summed E-state index contributed by atoms with van der Waals surface area (Å²) in [6, 6.07) is 35.0. The van der Waals surface area contributed by atoms with Gasteiger partial charge in [0.15, 0.2) is 0 Å². The van der Waals surface area contributed by atoms with E-state index in [9.17, 15) is 2.74 Å². The van der Waals surface area contributed by atoms with Crippen LogP contribution < -0.4 is 0 Å². The molecule has 47 heavy (non-hydrogen) atoms. The Bertz CT molecular complexity index is 3300. The Hall–Kier alpha value is -6.18. The standard InChI is InChI=1S/C46H28O/c1-3-17-33-29(12-1)14-10-23-34(33)31-15-9-16-32(28-31)43-36-19-5-7-21-38(36)44(39-22-8-6-20-37(39)43)40-24-11-25-42-45(40)41-27-26-30-13-2-4-18-35(30)46(41)47-42/h1-28H/i2D,4D,11D,13D,18D,24D,25D,26D,27D. The molecule has 1 nitrogen and oxygen atoms in total. The number of furan rings is 1. The first kappa shape index (κ1) is 18.7. The third kappa shape index (κ3) is 3.90. The van der Waals surface area contributed by atoms with Crippen LogP contribution in [0.25, 0.3) is 98.4 Å². The Balaban J connectivity index is 1.35. The Morgan fingerprint density at radius 1 is 0.404 bits per heavy atom. The normalized spacial score (nSPS) is 14.5. The molecule has 0 spiro atoms. The molecule has 10 rings (SSSR count). The number of hydrogen-bond acceptors (Lipinski definition) is 1. The van der Waals surface area contributed by atoms with E-state index in [0.29, 0.717) is 5.56 Å². The van der Waals surface area contributed by atoms with Crippen LogP contribution in [0.4, 0.5) is 0 Å². The first-order chi connectivity index (χ1) is 27.1. The largest absolute Gasteiger partial charge is 0.455 e. The fourth-order valence-corrected chi connectivity index (χ4v) is 7.18. The van der Waals surface area contributed by atoms with Crippen molar-refractivity contribution in [3.63, 3.8) is 0 Å². The summed E-state index contributed by atoms with van der Waals surface area (Å²) in [5, 5.41) is 5.57. The van der Waals surface area contributed by atoms with E-state index in [0.717, 1.165) is 54.6 Å². The molecule has 1 heterocycles. The van der Waals surface area contributed by atoms with Crippen molar-refractivity contribution < 1.29 is 16.8 Å². The van der Waals surface area contributed by atoms with Crippen molar-refractivity contribution in [2.75, 3.05) is 0 Å². The molecule has 0 bridgehead atoms. The maximum absolute atomic E-state index is 9.47. The summed E-state index contributed by atoms with van der Waals surface area (Å²) in [7, 11) is 0. The van der Waals surface area contributed by atoms with Gasteiger partial charge in [-0.25, -0.2) is 0 Å². The summed E-state index contributed by atoms with van der Waals surface area (Å²) in [4.78, 5) is 0. The van der Waals surface area contributed by atoms with Crippen molar-refractivity contribution in [1.29, 1.82) is 0 Å². The highest BCUT2D eigenvalue weighted by Gasteiger charge is 2.21. The van der Waals surface area contributed by atoms with Gasteiger partial charge in [-0.15, -0.1) is 0 Å². The van der Waals surface area contributed by atoms with Gasteiger partial charge in [-0.1, -0.05) is 151 Å². The lowest BCUT2D eigenvalue weighted by Crippen LogP contribution is -1.91. The molecule has 0 saturated carbocycles. The third-order valence-electron chi connectivity index (χ3n) is 9.18. The lowest BCUT2D eigenvalue weighted by Gasteiger charge is -2.19. The molecule has 1 aromatic heterocycles. The van der Waals surface area contributed by atoms with Gasteiger partial charge in [0, 0.05) is 16.2 Å². The zero-order valence-corrected chi connectivity index (χ0v) is 24.9. The van der Waals surface area contributed by atoms with Gasteiger partial charge < -0.3 is 4.42 Å². The van der Waals surface area contributed by atoms with Gasteiger partial charge in [0.05, 0.1) is 12.3 Å². The van der Waals surface area contributed by atoms with Crippen LogP contribution in [-0.4, -0.2) is 0 Å². The summed E-state index contributed by atoms with van der Waals surface area (Å²) in [6.07, 6.45) is 0. The van der Waals surface area contributed by atoms with Gasteiger partial charge in [0.2, 0.25) is 0 Å². The highest BCUT2D eigenvalue weighted by molar-refractivity contribution is 6.27. The molecule has 0 N–H and O–H groups in total. The van der Waals surface area contributed by atoms with Gasteiger partial charge in [-0.05, 0) is 89.2 Å². The molecule has 0 aliphatic rings. The van der Waals surface area contributed by atoms with Gasteiger partial charge in [0.25, 0.3) is 0 Å². The Morgan fingerprint density at radius 3 is 1.87 bits per heavy atom. The first-order valence-electron chi connectivity index (χ1n) is 20.0. The van der Waals surface area contributed by atoms with E-state index < -0.39 is 36.3 Å².